The fourth-order valence-corrected chi connectivity index (χ4v) is 4.31. The molecule has 5 rings (SSSR count). The first-order chi connectivity index (χ1) is 17.1. The summed E-state index contributed by atoms with van der Waals surface area (Å²) < 4.78 is 10.6. The molecule has 3 heterocycles. The van der Waals surface area contributed by atoms with Crippen molar-refractivity contribution >= 4 is 28.4 Å². The van der Waals surface area contributed by atoms with Crippen LogP contribution in [0.15, 0.2) is 69.9 Å². The Bertz CT molecular complexity index is 1390. The third-order valence-corrected chi connectivity index (χ3v) is 6.21. The van der Waals surface area contributed by atoms with E-state index in [0.29, 0.717) is 22.4 Å². The van der Waals surface area contributed by atoms with E-state index in [9.17, 15) is 9.59 Å². The summed E-state index contributed by atoms with van der Waals surface area (Å²) in [6.45, 7) is 2.04. The van der Waals surface area contributed by atoms with Gasteiger partial charge >= 0.3 is 5.63 Å². The van der Waals surface area contributed by atoms with Gasteiger partial charge in [-0.15, -0.1) is 10.2 Å². The molecule has 1 N–H and O–H groups in total. The van der Waals surface area contributed by atoms with Crippen LogP contribution in [0.25, 0.3) is 22.2 Å². The lowest BCUT2D eigenvalue weighted by atomic mass is 10.1. The van der Waals surface area contributed by atoms with Gasteiger partial charge in [0.05, 0.1) is 12.8 Å². The van der Waals surface area contributed by atoms with Gasteiger partial charge in [-0.25, -0.2) is 4.79 Å². The van der Waals surface area contributed by atoms with E-state index in [1.165, 1.54) is 38.9 Å². The molecule has 0 aliphatic carbocycles. The Morgan fingerprint density at radius 3 is 2.43 bits per heavy atom. The average Bonchev–Trinajstić information content (AvgIpc) is 3.18. The lowest BCUT2D eigenvalue weighted by molar-refractivity contribution is 0.102. The van der Waals surface area contributed by atoms with Gasteiger partial charge < -0.3 is 19.4 Å². The second kappa shape index (κ2) is 9.97. The Kier molecular flexibility index (Phi) is 6.43. The van der Waals surface area contributed by atoms with Gasteiger partial charge in [0.15, 0.2) is 17.2 Å². The Morgan fingerprint density at radius 2 is 1.74 bits per heavy atom. The number of fused-ring (bicyclic) bond motifs is 1. The van der Waals surface area contributed by atoms with E-state index in [-0.39, 0.29) is 5.56 Å². The smallest absolute Gasteiger partial charge is 0.349 e. The van der Waals surface area contributed by atoms with Crippen LogP contribution in [0.2, 0.25) is 0 Å². The third-order valence-electron chi connectivity index (χ3n) is 6.21. The molecular weight excluding hydrogens is 444 g/mol. The number of rotatable bonds is 5. The maximum absolute atomic E-state index is 12.8. The summed E-state index contributed by atoms with van der Waals surface area (Å²) >= 11 is 0. The monoisotopic (exact) mass is 470 g/mol. The summed E-state index contributed by atoms with van der Waals surface area (Å²) in [6.07, 6.45) is 4.91. The van der Waals surface area contributed by atoms with E-state index in [2.05, 4.69) is 20.4 Å². The molecule has 2 aromatic heterocycles. The van der Waals surface area contributed by atoms with Crippen LogP contribution in [0.1, 0.15) is 36.0 Å². The molecule has 8 heteroatoms. The maximum Gasteiger partial charge on any atom is 0.349 e. The normalized spacial score (nSPS) is 13.9. The third kappa shape index (κ3) is 4.87. The van der Waals surface area contributed by atoms with Crippen LogP contribution in [-0.2, 0) is 0 Å². The molecule has 35 heavy (non-hydrogen) atoms. The first-order valence-corrected chi connectivity index (χ1v) is 11.7. The van der Waals surface area contributed by atoms with Crippen LogP contribution in [-0.4, -0.2) is 36.3 Å². The molecule has 1 amide bonds. The Morgan fingerprint density at radius 1 is 0.971 bits per heavy atom. The molecular formula is C27H26N4O4. The highest BCUT2D eigenvalue weighted by Gasteiger charge is 2.16. The van der Waals surface area contributed by atoms with Crippen molar-refractivity contribution in [3.05, 3.63) is 76.6 Å². The van der Waals surface area contributed by atoms with E-state index >= 15 is 0 Å². The van der Waals surface area contributed by atoms with E-state index in [1.807, 2.05) is 24.3 Å². The van der Waals surface area contributed by atoms with Gasteiger partial charge in [0.25, 0.3) is 5.91 Å². The minimum absolute atomic E-state index is 0.0789. The minimum atomic E-state index is -0.726. The van der Waals surface area contributed by atoms with Crippen molar-refractivity contribution in [2.75, 3.05) is 30.4 Å². The molecule has 2 aromatic carbocycles. The summed E-state index contributed by atoms with van der Waals surface area (Å²) in [5, 5.41) is 12.2. The van der Waals surface area contributed by atoms with Crippen LogP contribution in [0, 0.1) is 0 Å². The molecule has 8 nitrogen and oxygen atoms in total. The highest BCUT2D eigenvalue weighted by molar-refractivity contribution is 6.05. The highest BCUT2D eigenvalue weighted by Crippen LogP contribution is 2.25. The number of hydrogen-bond acceptors (Lipinski definition) is 7. The topological polar surface area (TPSA) is 97.6 Å². The van der Waals surface area contributed by atoms with Gasteiger partial charge in [0.2, 0.25) is 0 Å². The first kappa shape index (κ1) is 22.6. The fourth-order valence-electron chi connectivity index (χ4n) is 4.31. The van der Waals surface area contributed by atoms with Crippen LogP contribution in [0.5, 0.6) is 5.75 Å². The van der Waals surface area contributed by atoms with Crippen molar-refractivity contribution in [2.45, 2.75) is 25.7 Å². The van der Waals surface area contributed by atoms with E-state index < -0.39 is 11.5 Å². The number of aromatic nitrogens is 2. The van der Waals surface area contributed by atoms with Gasteiger partial charge in [-0.1, -0.05) is 37.1 Å². The summed E-state index contributed by atoms with van der Waals surface area (Å²) in [7, 11) is 1.49. The van der Waals surface area contributed by atoms with Crippen LogP contribution >= 0.6 is 0 Å². The molecule has 0 bridgehead atoms. The molecule has 0 unspecified atom stereocenters. The van der Waals surface area contributed by atoms with Crippen LogP contribution in [0.4, 0.5) is 11.5 Å². The number of anilines is 2. The second-order valence-electron chi connectivity index (χ2n) is 8.54. The zero-order chi connectivity index (χ0) is 24.2. The van der Waals surface area contributed by atoms with Gasteiger partial charge in [0, 0.05) is 29.7 Å². The number of carbonyl (C=O) groups is 1. The number of methoxy groups -OCH3 is 1. The van der Waals surface area contributed by atoms with Gasteiger partial charge in [-0.2, -0.15) is 0 Å². The highest BCUT2D eigenvalue weighted by atomic mass is 16.5. The van der Waals surface area contributed by atoms with Gasteiger partial charge in [0.1, 0.15) is 5.56 Å². The molecule has 0 saturated carbocycles. The molecule has 1 saturated heterocycles. The SMILES string of the molecule is COc1cccc2cc(C(=O)Nc3ccc(-c4ccc(N5CCCCCC5)nn4)cc3)c(=O)oc12. The van der Waals surface area contributed by atoms with Crippen molar-refractivity contribution < 1.29 is 13.9 Å². The number of para-hydroxylation sites is 1. The number of carbonyl (C=O) groups excluding carboxylic acids is 1. The molecule has 0 atom stereocenters. The summed E-state index contributed by atoms with van der Waals surface area (Å²) in [5.41, 5.74) is 1.70. The molecule has 178 valence electrons. The number of benzene rings is 2. The second-order valence-corrected chi connectivity index (χ2v) is 8.54. The van der Waals surface area contributed by atoms with Crippen molar-refractivity contribution in [3.63, 3.8) is 0 Å². The van der Waals surface area contributed by atoms with E-state index in [0.717, 1.165) is 30.2 Å². The van der Waals surface area contributed by atoms with Crippen molar-refractivity contribution in [2.24, 2.45) is 0 Å². The summed E-state index contributed by atoms with van der Waals surface area (Å²) in [4.78, 5) is 27.5. The number of amides is 1. The lowest BCUT2D eigenvalue weighted by Crippen LogP contribution is -2.25. The molecule has 0 radical (unpaired) electrons. The Balaban J connectivity index is 1.30. The van der Waals surface area contributed by atoms with Crippen LogP contribution in [0.3, 0.4) is 0 Å². The molecule has 0 spiro atoms. The van der Waals surface area contributed by atoms with Crippen molar-refractivity contribution in [1.82, 2.24) is 10.2 Å². The number of ether oxygens (including phenoxy) is 1. The van der Waals surface area contributed by atoms with Crippen molar-refractivity contribution in [1.29, 1.82) is 0 Å². The zero-order valence-corrected chi connectivity index (χ0v) is 19.5. The summed E-state index contributed by atoms with van der Waals surface area (Å²) in [6, 6.07) is 18.0. The maximum atomic E-state index is 12.8. The number of nitrogens with one attached hydrogen (secondary N) is 1. The lowest BCUT2D eigenvalue weighted by Gasteiger charge is -2.20. The van der Waals surface area contributed by atoms with Gasteiger partial charge in [-0.3, -0.25) is 4.79 Å². The molecule has 4 aromatic rings. The molecule has 1 aliphatic rings. The average molecular weight is 471 g/mol. The zero-order valence-electron chi connectivity index (χ0n) is 19.5. The fraction of sp³-hybridized carbons (Fsp3) is 0.259. The predicted molar refractivity (Wildman–Crippen MR) is 135 cm³/mol. The quantitative estimate of drug-likeness (QED) is 0.415. The Hall–Kier alpha value is -4.20. The van der Waals surface area contributed by atoms with E-state index in [1.54, 1.807) is 30.3 Å². The number of nitrogens with zero attached hydrogens (tertiary/aromatic N) is 3. The predicted octanol–water partition coefficient (Wildman–Crippen LogP) is 4.89. The minimum Gasteiger partial charge on any atom is -0.493 e. The molecule has 1 aliphatic heterocycles. The van der Waals surface area contributed by atoms with Gasteiger partial charge in [-0.05, 0) is 49.2 Å². The van der Waals surface area contributed by atoms with Crippen molar-refractivity contribution in [3.8, 4) is 17.0 Å². The summed E-state index contributed by atoms with van der Waals surface area (Å²) in [5.74, 6) is 0.800. The van der Waals surface area contributed by atoms with Crippen LogP contribution < -0.4 is 20.6 Å². The first-order valence-electron chi connectivity index (χ1n) is 11.7. The standard InChI is InChI=1S/C27H26N4O4/c1-34-23-8-6-7-19-17-21(27(33)35-25(19)23)26(32)28-20-11-9-18(10-12-20)22-13-14-24(30-29-22)31-15-4-2-3-5-16-31/h6-14,17H,2-5,15-16H2,1H3,(H,28,32). The molecule has 1 fully saturated rings. The number of hydrogen-bond donors (Lipinski definition) is 1. The Labute approximate surface area is 202 Å². The largest absolute Gasteiger partial charge is 0.493 e. The van der Waals surface area contributed by atoms with E-state index in [4.69, 9.17) is 9.15 Å².